The van der Waals surface area contributed by atoms with Crippen molar-refractivity contribution in [2.45, 2.75) is 25.5 Å². The first kappa shape index (κ1) is 13.2. The monoisotopic (exact) mass is 327 g/mol. The number of aliphatic hydroxyl groups is 1. The first-order chi connectivity index (χ1) is 9.22. The highest BCUT2D eigenvalue weighted by Gasteiger charge is 2.20. The van der Waals surface area contributed by atoms with Gasteiger partial charge in [-0.25, -0.2) is 0 Å². The lowest BCUT2D eigenvalue weighted by Gasteiger charge is -2.30. The van der Waals surface area contributed by atoms with Crippen LogP contribution in [0.3, 0.4) is 0 Å². The third-order valence-corrected chi connectivity index (χ3v) is 4.32. The van der Waals surface area contributed by atoms with Gasteiger partial charge in [0.05, 0.1) is 6.10 Å². The molecule has 1 fully saturated rings. The second kappa shape index (κ2) is 5.69. The van der Waals surface area contributed by atoms with Crippen LogP contribution in [-0.2, 0) is 6.54 Å². The van der Waals surface area contributed by atoms with Crippen molar-refractivity contribution in [3.05, 3.63) is 22.2 Å². The molecule has 0 radical (unpaired) electrons. The first-order valence-electron chi connectivity index (χ1n) is 6.71. The Balaban J connectivity index is 1.76. The summed E-state index contributed by atoms with van der Waals surface area (Å²) >= 11 is 3.59. The lowest BCUT2D eigenvalue weighted by molar-refractivity contribution is 0.0666. The quantitative estimate of drug-likeness (QED) is 0.904. The van der Waals surface area contributed by atoms with Gasteiger partial charge >= 0.3 is 0 Å². The van der Waals surface area contributed by atoms with Crippen molar-refractivity contribution < 1.29 is 14.6 Å². The molecule has 3 rings (SSSR count). The summed E-state index contributed by atoms with van der Waals surface area (Å²) in [6.45, 7) is 3.83. The van der Waals surface area contributed by atoms with E-state index in [9.17, 15) is 5.11 Å². The number of β-amino-alcohol motifs (C(OH)–C–C–N with tert-alkyl or cyclic N) is 1. The van der Waals surface area contributed by atoms with Crippen LogP contribution in [0, 0.1) is 0 Å². The van der Waals surface area contributed by atoms with Crippen molar-refractivity contribution in [2.24, 2.45) is 0 Å². The zero-order chi connectivity index (χ0) is 13.2. The molecule has 1 N–H and O–H groups in total. The van der Waals surface area contributed by atoms with E-state index in [0.717, 1.165) is 48.4 Å². The van der Waals surface area contributed by atoms with Gasteiger partial charge in [-0.15, -0.1) is 0 Å². The van der Waals surface area contributed by atoms with Gasteiger partial charge in [-0.05, 0) is 37.1 Å². The Labute approximate surface area is 121 Å². The molecule has 1 unspecified atom stereocenters. The SMILES string of the molecule is OC1CCCN(Cc2cc3c(cc2Br)OCCO3)C1. The maximum absolute atomic E-state index is 9.72. The minimum atomic E-state index is -0.190. The standard InChI is InChI=1S/C14H18BrNO3/c15-12-7-14-13(18-4-5-19-14)6-10(12)8-16-3-1-2-11(17)9-16/h6-7,11,17H,1-5,8-9H2. The number of hydrogen-bond acceptors (Lipinski definition) is 4. The number of benzene rings is 1. The van der Waals surface area contributed by atoms with Crippen molar-refractivity contribution in [1.82, 2.24) is 4.90 Å². The smallest absolute Gasteiger partial charge is 0.162 e. The molecule has 1 atom stereocenters. The van der Waals surface area contributed by atoms with Crippen LogP contribution in [0.1, 0.15) is 18.4 Å². The van der Waals surface area contributed by atoms with Gasteiger partial charge in [-0.3, -0.25) is 4.90 Å². The summed E-state index contributed by atoms with van der Waals surface area (Å²) in [6.07, 6.45) is 1.78. The molecule has 2 heterocycles. The summed E-state index contributed by atoms with van der Waals surface area (Å²) in [7, 11) is 0. The molecule has 104 valence electrons. The zero-order valence-electron chi connectivity index (χ0n) is 10.8. The van der Waals surface area contributed by atoms with Crippen molar-refractivity contribution in [3.8, 4) is 11.5 Å². The number of aliphatic hydroxyl groups excluding tert-OH is 1. The molecule has 0 aromatic heterocycles. The summed E-state index contributed by atoms with van der Waals surface area (Å²) in [5.41, 5.74) is 1.18. The van der Waals surface area contributed by atoms with Crippen LogP contribution in [0.4, 0.5) is 0 Å². The van der Waals surface area contributed by atoms with Gasteiger partial charge in [0.2, 0.25) is 0 Å². The Morgan fingerprint density at radius 3 is 2.74 bits per heavy atom. The minimum absolute atomic E-state index is 0.190. The largest absolute Gasteiger partial charge is 0.486 e. The second-order valence-corrected chi connectivity index (χ2v) is 5.97. The van der Waals surface area contributed by atoms with Gasteiger partial charge in [0.15, 0.2) is 11.5 Å². The Bertz CT molecular complexity index is 466. The highest BCUT2D eigenvalue weighted by molar-refractivity contribution is 9.10. The average Bonchev–Trinajstić information content (AvgIpc) is 2.40. The molecule has 19 heavy (non-hydrogen) atoms. The molecule has 0 bridgehead atoms. The first-order valence-corrected chi connectivity index (χ1v) is 7.50. The van der Waals surface area contributed by atoms with Gasteiger partial charge in [-0.1, -0.05) is 15.9 Å². The Morgan fingerprint density at radius 2 is 2.00 bits per heavy atom. The molecule has 0 spiro atoms. The van der Waals surface area contributed by atoms with Crippen LogP contribution in [-0.4, -0.2) is 42.4 Å². The molecule has 4 nitrogen and oxygen atoms in total. The summed E-state index contributed by atoms with van der Waals surface area (Å²) in [6, 6.07) is 4.02. The van der Waals surface area contributed by atoms with E-state index in [1.54, 1.807) is 0 Å². The maximum atomic E-state index is 9.72. The fourth-order valence-electron chi connectivity index (χ4n) is 2.64. The number of rotatable bonds is 2. The molecule has 0 amide bonds. The van der Waals surface area contributed by atoms with Gasteiger partial charge in [0.25, 0.3) is 0 Å². The van der Waals surface area contributed by atoms with Crippen LogP contribution in [0.5, 0.6) is 11.5 Å². The van der Waals surface area contributed by atoms with Crippen LogP contribution < -0.4 is 9.47 Å². The number of likely N-dealkylation sites (tertiary alicyclic amines) is 1. The summed E-state index contributed by atoms with van der Waals surface area (Å²) in [4.78, 5) is 2.28. The van der Waals surface area contributed by atoms with Gasteiger partial charge in [0.1, 0.15) is 13.2 Å². The Morgan fingerprint density at radius 1 is 1.26 bits per heavy atom. The normalized spacial score (nSPS) is 23.4. The van der Waals surface area contributed by atoms with Crippen molar-refractivity contribution in [1.29, 1.82) is 0 Å². The number of fused-ring (bicyclic) bond motifs is 1. The summed E-state index contributed by atoms with van der Waals surface area (Å²) in [5.74, 6) is 1.63. The third kappa shape index (κ3) is 3.04. The highest BCUT2D eigenvalue weighted by Crippen LogP contribution is 2.36. The Kier molecular flexibility index (Phi) is 3.96. The van der Waals surface area contributed by atoms with E-state index >= 15 is 0 Å². The molecule has 0 saturated carbocycles. The number of ether oxygens (including phenoxy) is 2. The molecule has 1 aromatic carbocycles. The molecule has 2 aliphatic rings. The summed E-state index contributed by atoms with van der Waals surface area (Å²) in [5, 5.41) is 9.72. The lowest BCUT2D eigenvalue weighted by atomic mass is 10.1. The van der Waals surface area contributed by atoms with E-state index in [1.165, 1.54) is 5.56 Å². The molecule has 2 aliphatic heterocycles. The highest BCUT2D eigenvalue weighted by atomic mass is 79.9. The van der Waals surface area contributed by atoms with Gasteiger partial charge in [0, 0.05) is 17.6 Å². The molecule has 5 heteroatoms. The van der Waals surface area contributed by atoms with Crippen LogP contribution in [0.2, 0.25) is 0 Å². The van der Waals surface area contributed by atoms with E-state index in [-0.39, 0.29) is 6.10 Å². The van der Waals surface area contributed by atoms with E-state index < -0.39 is 0 Å². The Hall–Kier alpha value is -0.780. The molecule has 1 saturated heterocycles. The number of hydrogen-bond donors (Lipinski definition) is 1. The predicted molar refractivity (Wildman–Crippen MR) is 75.6 cm³/mol. The van der Waals surface area contributed by atoms with Crippen LogP contribution in [0.15, 0.2) is 16.6 Å². The fraction of sp³-hybridized carbons (Fsp3) is 0.571. The van der Waals surface area contributed by atoms with Crippen molar-refractivity contribution in [3.63, 3.8) is 0 Å². The number of piperidine rings is 1. The fourth-order valence-corrected chi connectivity index (χ4v) is 3.09. The van der Waals surface area contributed by atoms with Gasteiger partial charge < -0.3 is 14.6 Å². The lowest BCUT2D eigenvalue weighted by Crippen LogP contribution is -2.37. The van der Waals surface area contributed by atoms with Crippen LogP contribution >= 0.6 is 15.9 Å². The second-order valence-electron chi connectivity index (χ2n) is 5.12. The van der Waals surface area contributed by atoms with E-state index in [2.05, 4.69) is 20.8 Å². The third-order valence-electron chi connectivity index (χ3n) is 3.59. The topological polar surface area (TPSA) is 41.9 Å². The predicted octanol–water partition coefficient (Wildman–Crippen LogP) is 2.18. The minimum Gasteiger partial charge on any atom is -0.486 e. The number of halogens is 1. The van der Waals surface area contributed by atoms with E-state index in [1.807, 2.05) is 12.1 Å². The number of nitrogens with zero attached hydrogens (tertiary/aromatic N) is 1. The van der Waals surface area contributed by atoms with Crippen molar-refractivity contribution in [2.75, 3.05) is 26.3 Å². The van der Waals surface area contributed by atoms with Crippen molar-refractivity contribution >= 4 is 15.9 Å². The average molecular weight is 328 g/mol. The van der Waals surface area contributed by atoms with Crippen LogP contribution in [0.25, 0.3) is 0 Å². The van der Waals surface area contributed by atoms with E-state index in [4.69, 9.17) is 9.47 Å². The molecular weight excluding hydrogens is 310 g/mol. The molecule has 0 aliphatic carbocycles. The molecular formula is C14H18BrNO3. The molecule has 1 aromatic rings. The van der Waals surface area contributed by atoms with E-state index in [0.29, 0.717) is 13.2 Å². The maximum Gasteiger partial charge on any atom is 0.162 e. The van der Waals surface area contributed by atoms with Gasteiger partial charge in [-0.2, -0.15) is 0 Å². The summed E-state index contributed by atoms with van der Waals surface area (Å²) < 4.78 is 12.2. The zero-order valence-corrected chi connectivity index (χ0v) is 12.4.